The molecule has 1 atom stereocenters. The van der Waals surface area contributed by atoms with E-state index in [9.17, 15) is 4.79 Å². The molecule has 0 aliphatic carbocycles. The highest BCUT2D eigenvalue weighted by Crippen LogP contribution is 2.27. The van der Waals surface area contributed by atoms with Gasteiger partial charge in [-0.3, -0.25) is 4.79 Å². The van der Waals surface area contributed by atoms with Crippen molar-refractivity contribution >= 4 is 21.8 Å². The third-order valence-electron chi connectivity index (χ3n) is 3.46. The van der Waals surface area contributed by atoms with Crippen LogP contribution in [0.2, 0.25) is 0 Å². The minimum atomic E-state index is 0.116. The number of hydrogen-bond donors (Lipinski definition) is 0. The summed E-state index contributed by atoms with van der Waals surface area (Å²) in [6, 6.07) is 5.83. The van der Waals surface area contributed by atoms with Gasteiger partial charge < -0.3 is 9.64 Å². The molecule has 4 heteroatoms. The highest BCUT2D eigenvalue weighted by molar-refractivity contribution is 9.10. The van der Waals surface area contributed by atoms with Crippen LogP contribution in [0.15, 0.2) is 22.7 Å². The molecule has 18 heavy (non-hydrogen) atoms. The van der Waals surface area contributed by atoms with Crippen molar-refractivity contribution in [3.8, 4) is 5.75 Å². The van der Waals surface area contributed by atoms with Gasteiger partial charge in [-0.15, -0.1) is 0 Å². The molecule has 1 heterocycles. The van der Waals surface area contributed by atoms with Crippen LogP contribution in [-0.4, -0.2) is 30.5 Å². The van der Waals surface area contributed by atoms with Crippen molar-refractivity contribution < 1.29 is 9.53 Å². The molecule has 1 amide bonds. The van der Waals surface area contributed by atoms with E-state index < -0.39 is 0 Å². The standard InChI is InChI=1S/C14H18BrNO2/c1-10-5-3-4-8-16(10)14(17)11-6-7-13(18-2)12(15)9-11/h6-7,9-10H,3-5,8H2,1-2H3. The monoisotopic (exact) mass is 311 g/mol. The van der Waals surface area contributed by atoms with E-state index in [-0.39, 0.29) is 5.91 Å². The second kappa shape index (κ2) is 5.74. The van der Waals surface area contributed by atoms with Gasteiger partial charge in [0.2, 0.25) is 0 Å². The van der Waals surface area contributed by atoms with E-state index in [1.54, 1.807) is 7.11 Å². The SMILES string of the molecule is COc1ccc(C(=O)N2CCCCC2C)cc1Br. The van der Waals surface area contributed by atoms with Gasteiger partial charge >= 0.3 is 0 Å². The Hall–Kier alpha value is -1.03. The number of rotatable bonds is 2. The van der Waals surface area contributed by atoms with E-state index >= 15 is 0 Å². The summed E-state index contributed by atoms with van der Waals surface area (Å²) in [5.41, 5.74) is 0.719. The predicted molar refractivity (Wildman–Crippen MR) is 75.0 cm³/mol. The van der Waals surface area contributed by atoms with Crippen molar-refractivity contribution in [1.82, 2.24) is 4.90 Å². The number of amides is 1. The highest BCUT2D eigenvalue weighted by atomic mass is 79.9. The molecule has 0 saturated carbocycles. The molecule has 3 nitrogen and oxygen atoms in total. The number of benzene rings is 1. The summed E-state index contributed by atoms with van der Waals surface area (Å²) in [4.78, 5) is 14.4. The van der Waals surface area contributed by atoms with Gasteiger partial charge in [0.15, 0.2) is 0 Å². The molecule has 1 aliphatic heterocycles. The lowest BCUT2D eigenvalue weighted by atomic mass is 10.0. The van der Waals surface area contributed by atoms with Crippen LogP contribution in [0.4, 0.5) is 0 Å². The summed E-state index contributed by atoms with van der Waals surface area (Å²) in [5.74, 6) is 0.865. The Morgan fingerprint density at radius 2 is 2.22 bits per heavy atom. The lowest BCUT2D eigenvalue weighted by Crippen LogP contribution is -2.42. The number of likely N-dealkylation sites (tertiary alicyclic amines) is 1. The third-order valence-corrected chi connectivity index (χ3v) is 4.08. The molecule has 1 fully saturated rings. The number of nitrogens with zero attached hydrogens (tertiary/aromatic N) is 1. The van der Waals surface area contributed by atoms with E-state index in [4.69, 9.17) is 4.74 Å². The van der Waals surface area contributed by atoms with E-state index in [0.717, 1.165) is 35.2 Å². The molecule has 0 N–H and O–H groups in total. The first-order valence-electron chi connectivity index (χ1n) is 6.28. The Balaban J connectivity index is 2.20. The number of halogens is 1. The molecule has 0 radical (unpaired) electrons. The maximum absolute atomic E-state index is 12.4. The number of methoxy groups -OCH3 is 1. The average Bonchev–Trinajstić information content (AvgIpc) is 2.38. The zero-order chi connectivity index (χ0) is 13.1. The van der Waals surface area contributed by atoms with E-state index in [0.29, 0.717) is 6.04 Å². The zero-order valence-corrected chi connectivity index (χ0v) is 12.4. The van der Waals surface area contributed by atoms with Gasteiger partial charge in [0.25, 0.3) is 5.91 Å². The maximum atomic E-state index is 12.4. The van der Waals surface area contributed by atoms with Crippen LogP contribution in [-0.2, 0) is 0 Å². The first kappa shape index (κ1) is 13.4. The predicted octanol–water partition coefficient (Wildman–Crippen LogP) is 3.47. The van der Waals surface area contributed by atoms with E-state index in [1.165, 1.54) is 6.42 Å². The quantitative estimate of drug-likeness (QED) is 0.837. The second-order valence-corrected chi connectivity index (χ2v) is 5.55. The van der Waals surface area contributed by atoms with Gasteiger partial charge in [-0.25, -0.2) is 0 Å². The molecule has 1 unspecified atom stereocenters. The van der Waals surface area contributed by atoms with Crippen LogP contribution in [0.25, 0.3) is 0 Å². The lowest BCUT2D eigenvalue weighted by molar-refractivity contribution is 0.0635. The molecule has 1 saturated heterocycles. The highest BCUT2D eigenvalue weighted by Gasteiger charge is 2.24. The van der Waals surface area contributed by atoms with Gasteiger partial charge in [-0.2, -0.15) is 0 Å². The van der Waals surface area contributed by atoms with Crippen LogP contribution in [0.5, 0.6) is 5.75 Å². The molecule has 0 spiro atoms. The molecular formula is C14H18BrNO2. The smallest absolute Gasteiger partial charge is 0.254 e. The van der Waals surface area contributed by atoms with Crippen LogP contribution in [0.1, 0.15) is 36.5 Å². The number of carbonyl (C=O) groups excluding carboxylic acids is 1. The average molecular weight is 312 g/mol. The van der Waals surface area contributed by atoms with Gasteiger partial charge in [-0.1, -0.05) is 0 Å². The normalized spacial score (nSPS) is 19.7. The zero-order valence-electron chi connectivity index (χ0n) is 10.8. The first-order valence-corrected chi connectivity index (χ1v) is 7.07. The van der Waals surface area contributed by atoms with Crippen molar-refractivity contribution in [2.24, 2.45) is 0 Å². The minimum Gasteiger partial charge on any atom is -0.496 e. The van der Waals surface area contributed by atoms with Crippen molar-refractivity contribution in [1.29, 1.82) is 0 Å². The molecule has 1 aromatic rings. The molecule has 1 aromatic carbocycles. The second-order valence-electron chi connectivity index (χ2n) is 4.69. The van der Waals surface area contributed by atoms with Crippen molar-refractivity contribution in [2.75, 3.05) is 13.7 Å². The Kier molecular flexibility index (Phi) is 4.27. The van der Waals surface area contributed by atoms with Crippen molar-refractivity contribution in [3.63, 3.8) is 0 Å². The van der Waals surface area contributed by atoms with E-state index in [2.05, 4.69) is 22.9 Å². The summed E-state index contributed by atoms with van der Waals surface area (Å²) < 4.78 is 5.99. The summed E-state index contributed by atoms with van der Waals surface area (Å²) >= 11 is 3.42. The van der Waals surface area contributed by atoms with Crippen LogP contribution in [0, 0.1) is 0 Å². The topological polar surface area (TPSA) is 29.5 Å². The van der Waals surface area contributed by atoms with Crippen molar-refractivity contribution in [2.45, 2.75) is 32.2 Å². The Labute approximate surface area is 116 Å². The number of carbonyl (C=O) groups is 1. The molecule has 0 aromatic heterocycles. The molecular weight excluding hydrogens is 294 g/mol. The largest absolute Gasteiger partial charge is 0.496 e. The third kappa shape index (κ3) is 2.69. The molecule has 98 valence electrons. The van der Waals surface area contributed by atoms with Crippen LogP contribution in [0.3, 0.4) is 0 Å². The van der Waals surface area contributed by atoms with Gasteiger partial charge in [0, 0.05) is 18.2 Å². The molecule has 1 aliphatic rings. The number of hydrogen-bond acceptors (Lipinski definition) is 2. The molecule has 2 rings (SSSR count). The molecule has 0 bridgehead atoms. The summed E-state index contributed by atoms with van der Waals surface area (Å²) in [6.45, 7) is 2.99. The summed E-state index contributed by atoms with van der Waals surface area (Å²) in [6.07, 6.45) is 3.42. The van der Waals surface area contributed by atoms with E-state index in [1.807, 2.05) is 23.1 Å². The minimum absolute atomic E-state index is 0.116. The number of piperidine rings is 1. The fourth-order valence-electron chi connectivity index (χ4n) is 2.37. The Bertz CT molecular complexity index is 447. The van der Waals surface area contributed by atoms with Gasteiger partial charge in [0.1, 0.15) is 5.75 Å². The lowest BCUT2D eigenvalue weighted by Gasteiger charge is -2.33. The summed E-state index contributed by atoms with van der Waals surface area (Å²) in [7, 11) is 1.62. The van der Waals surface area contributed by atoms with Gasteiger partial charge in [-0.05, 0) is 60.3 Å². The maximum Gasteiger partial charge on any atom is 0.254 e. The van der Waals surface area contributed by atoms with Crippen LogP contribution < -0.4 is 4.74 Å². The van der Waals surface area contributed by atoms with Crippen molar-refractivity contribution in [3.05, 3.63) is 28.2 Å². The fourth-order valence-corrected chi connectivity index (χ4v) is 2.91. The van der Waals surface area contributed by atoms with Gasteiger partial charge in [0.05, 0.1) is 11.6 Å². The first-order chi connectivity index (χ1) is 8.63. The fraction of sp³-hybridized carbons (Fsp3) is 0.500. The Morgan fingerprint density at radius 3 is 2.83 bits per heavy atom. The summed E-state index contributed by atoms with van der Waals surface area (Å²) in [5, 5.41) is 0. The Morgan fingerprint density at radius 1 is 1.44 bits per heavy atom. The number of ether oxygens (including phenoxy) is 1. The van der Waals surface area contributed by atoms with Crippen LogP contribution >= 0.6 is 15.9 Å².